The van der Waals surface area contributed by atoms with E-state index < -0.39 is 148 Å². The molecular weight excluding hydrogens is 1320 g/mol. The summed E-state index contributed by atoms with van der Waals surface area (Å²) in [6.45, 7) is 15.1. The zero-order valence-electron chi connectivity index (χ0n) is 60.0. The van der Waals surface area contributed by atoms with E-state index in [0.717, 1.165) is 77.3 Å². The Morgan fingerprint density at radius 2 is 1.01 bits per heavy atom. The number of hydrogen-bond donors (Lipinski definition) is 11. The van der Waals surface area contributed by atoms with Crippen LogP contribution in [-0.2, 0) is 86.0 Å². The number of ketones is 1. The zero-order valence-corrected chi connectivity index (χ0v) is 60.0. The molecule has 2 saturated heterocycles. The zero-order chi connectivity index (χ0) is 73.6. The van der Waals surface area contributed by atoms with Gasteiger partial charge < -0.3 is 89.6 Å². The molecule has 2 aliphatic heterocycles. The predicted molar refractivity (Wildman–Crippen MR) is 374 cm³/mol. The molecule has 11 N–H and O–H groups in total. The molecule has 13 rings (SSSR count). The number of nitrogens with one attached hydrogen (secondary N) is 6. The Labute approximate surface area is 597 Å². The first kappa shape index (κ1) is 73.5. The van der Waals surface area contributed by atoms with Crippen LogP contribution in [0.1, 0.15) is 123 Å². The molecule has 103 heavy (non-hydrogen) atoms. The van der Waals surface area contributed by atoms with Gasteiger partial charge in [-0.1, -0.05) is 109 Å². The number of aromatic nitrogens is 3. The summed E-state index contributed by atoms with van der Waals surface area (Å²) in [4.78, 5) is 110. The number of amides is 3. The van der Waals surface area contributed by atoms with Gasteiger partial charge in [-0.15, -0.1) is 0 Å². The van der Waals surface area contributed by atoms with Crippen LogP contribution in [0.15, 0.2) is 103 Å². The molecule has 0 spiro atoms. The van der Waals surface area contributed by atoms with Crippen LogP contribution in [0.5, 0.6) is 0 Å². The molecule has 4 saturated carbocycles. The Morgan fingerprint density at radius 3 is 1.51 bits per heavy atom. The molecule has 6 fully saturated rings. The molecule has 22 atom stereocenters. The first-order chi connectivity index (χ1) is 48.9. The van der Waals surface area contributed by atoms with Crippen LogP contribution in [0.3, 0.4) is 0 Å². The summed E-state index contributed by atoms with van der Waals surface area (Å²) in [6.07, 6.45) is -8.55. The molecule has 5 aliphatic carbocycles. The van der Waals surface area contributed by atoms with Crippen molar-refractivity contribution in [3.63, 3.8) is 0 Å². The van der Waals surface area contributed by atoms with Crippen molar-refractivity contribution < 1.29 is 92.3 Å². The second kappa shape index (κ2) is 27.9. The van der Waals surface area contributed by atoms with Crippen molar-refractivity contribution >= 4 is 74.1 Å². The summed E-state index contributed by atoms with van der Waals surface area (Å²) < 4.78 is 41.5. The number of fused-ring (bicyclic) bond motifs is 10. The van der Waals surface area contributed by atoms with E-state index in [0.29, 0.717) is 49.7 Å². The normalized spacial score (nSPS) is 35.6. The van der Waals surface area contributed by atoms with Gasteiger partial charge in [-0.25, -0.2) is 14.4 Å². The topological polar surface area (TPSA) is 369 Å². The number of benzene rings is 3. The van der Waals surface area contributed by atoms with Crippen molar-refractivity contribution in [1.82, 2.24) is 30.9 Å². The van der Waals surface area contributed by atoms with Gasteiger partial charge in [0.2, 0.25) is 5.91 Å². The van der Waals surface area contributed by atoms with E-state index in [-0.39, 0.29) is 48.2 Å². The van der Waals surface area contributed by atoms with Crippen molar-refractivity contribution in [2.45, 2.75) is 211 Å². The second-order valence-corrected chi connectivity index (χ2v) is 32.1. The predicted octanol–water partition coefficient (Wildman–Crippen LogP) is 6.14. The number of para-hydroxylation sites is 3. The van der Waals surface area contributed by atoms with Gasteiger partial charge in [0.25, 0.3) is 11.8 Å². The molecule has 0 bridgehead atoms. The number of carbonyl (C=O) groups is 7. The quantitative estimate of drug-likeness (QED) is 0.0246. The third kappa shape index (κ3) is 12.8. The number of rotatable bonds is 19. The van der Waals surface area contributed by atoms with Gasteiger partial charge in [-0.3, -0.25) is 19.2 Å². The van der Waals surface area contributed by atoms with Crippen molar-refractivity contribution in [1.29, 1.82) is 0 Å². The molecule has 25 heteroatoms. The standard InChI is InChI=1S/C78H98N6O19/c1-73(2)54-23-26-78(7)64(53(85)34-45-46-35-75(4,28-27-74(46,3)29-30-77(45,78)6)72(96)84-52(69(95)99-10)33-41-38-81-49-22-16-13-19-44(41)49)76(54,5)25-24-55(73)100-71-63(59(89)58(88)62(102-71)66(92)83-51(68(94)98-9)32-40-37-80-48-21-15-12-18-43(40)48)103-70-60(90)56(86)57(87)61(101-70)65(91)82-50(67(93)97-8)31-39-36-79-47-20-14-11-17-42(39)47/h11-22,34,36-38,46,50-52,54-64,70-71,79-81,86-90H,23-33,35H2,1-10H3,(H,82,91)(H,83,92)(H,84,96)/t46-,50?,51?,52?,54-,55-,56-,57-,58-,59-,60+,61-,62-,63+,64+,70-,71+,74+,75-,76-,77+,78+/m0/s1. The number of aliphatic hydroxyl groups is 5. The first-order valence-corrected chi connectivity index (χ1v) is 36.0. The minimum Gasteiger partial charge on any atom is -0.467 e. The van der Waals surface area contributed by atoms with Gasteiger partial charge in [0, 0.05) is 81.9 Å². The largest absolute Gasteiger partial charge is 0.467 e. The second-order valence-electron chi connectivity index (χ2n) is 32.1. The highest BCUT2D eigenvalue weighted by Crippen LogP contribution is 2.75. The Hall–Kier alpha value is -7.85. The lowest BCUT2D eigenvalue weighted by Gasteiger charge is -2.70. The fourth-order valence-electron chi connectivity index (χ4n) is 19.8. The van der Waals surface area contributed by atoms with Gasteiger partial charge >= 0.3 is 17.9 Å². The lowest BCUT2D eigenvalue weighted by atomic mass is 9.33. The Morgan fingerprint density at radius 1 is 0.544 bits per heavy atom. The van der Waals surface area contributed by atoms with Gasteiger partial charge in [-0.2, -0.15) is 0 Å². The number of carbonyl (C=O) groups excluding carboxylic acids is 7. The van der Waals surface area contributed by atoms with E-state index in [1.54, 1.807) is 12.4 Å². The maximum absolute atomic E-state index is 15.8. The van der Waals surface area contributed by atoms with E-state index in [2.05, 4.69) is 58.6 Å². The molecule has 25 nitrogen and oxygen atoms in total. The molecule has 0 radical (unpaired) electrons. The SMILES string of the molecule is COC(=O)C(Cc1c[nH]c2ccccc12)NC(=O)[C@H]1O[C@@H](O[C@H]2[C@H](O[C@H]3CC[C@]4(C)[C@H]5C(=O)C=C6[C@@H]7C[C@@](C)(C(=O)NC(Cc8c[nH]c9ccccc89)C(=O)OC)CC[C@]7(C)CC[C@@]6(C)[C@]5(C)CC[C@H]4C3(C)C)O[C@H](C(=O)NC(Cc3c[nH]c4ccccc34)C(=O)OC)[C@@H](O)[C@@H]2O)[C@H](O)[C@@H](O)[C@@H]1O. The van der Waals surface area contributed by atoms with Crippen LogP contribution in [0, 0.1) is 50.2 Å². The molecule has 3 unspecified atom stereocenters. The third-order valence-corrected chi connectivity index (χ3v) is 26.0. The number of hydrogen-bond acceptors (Lipinski definition) is 19. The number of aromatic amines is 3. The number of aliphatic hydroxyl groups excluding tert-OH is 5. The van der Waals surface area contributed by atoms with Crippen LogP contribution in [-0.4, -0.2) is 189 Å². The fraction of sp³-hybridized carbons (Fsp3) is 0.577. The summed E-state index contributed by atoms with van der Waals surface area (Å²) in [5, 5.41) is 70.0. The minimum absolute atomic E-state index is 0.0215. The number of ether oxygens (including phenoxy) is 7. The van der Waals surface area contributed by atoms with Crippen LogP contribution in [0.2, 0.25) is 0 Å². The first-order valence-electron chi connectivity index (χ1n) is 36.0. The van der Waals surface area contributed by atoms with Crippen LogP contribution >= 0.6 is 0 Å². The Bertz CT molecular complexity index is 4280. The van der Waals surface area contributed by atoms with Crippen molar-refractivity contribution in [2.24, 2.45) is 50.2 Å². The number of methoxy groups -OCH3 is 3. The highest BCUT2D eigenvalue weighted by molar-refractivity contribution is 5.96. The average Bonchev–Trinajstić information content (AvgIpc) is 1.18. The fourth-order valence-corrected chi connectivity index (χ4v) is 19.8. The molecule has 3 amide bonds. The highest BCUT2D eigenvalue weighted by Gasteiger charge is 2.71. The maximum Gasteiger partial charge on any atom is 0.328 e. The lowest BCUT2D eigenvalue weighted by Crippen LogP contribution is -2.69. The highest BCUT2D eigenvalue weighted by atomic mass is 16.8. The van der Waals surface area contributed by atoms with E-state index in [9.17, 15) is 54.3 Å². The smallest absolute Gasteiger partial charge is 0.328 e. The molecule has 5 heterocycles. The van der Waals surface area contributed by atoms with Crippen LogP contribution < -0.4 is 16.0 Å². The molecule has 3 aromatic carbocycles. The van der Waals surface area contributed by atoms with Crippen molar-refractivity contribution in [3.8, 4) is 0 Å². The van der Waals surface area contributed by atoms with Gasteiger partial charge in [0.1, 0.15) is 54.7 Å². The number of H-pyrrole nitrogens is 3. The number of allylic oxidation sites excluding steroid dienone is 2. The Kier molecular flexibility index (Phi) is 19.9. The minimum atomic E-state index is -2.15. The summed E-state index contributed by atoms with van der Waals surface area (Å²) in [5.74, 6) is -5.39. The third-order valence-electron chi connectivity index (χ3n) is 26.0. The van der Waals surface area contributed by atoms with Crippen molar-refractivity contribution in [2.75, 3.05) is 21.3 Å². The summed E-state index contributed by atoms with van der Waals surface area (Å²) in [5.41, 5.74) is 2.10. The van der Waals surface area contributed by atoms with Gasteiger partial charge in [0.15, 0.2) is 30.6 Å². The maximum atomic E-state index is 15.8. The van der Waals surface area contributed by atoms with E-state index in [1.807, 2.05) is 106 Å². The monoisotopic (exact) mass is 1420 g/mol. The molecular formula is C78H98N6O19. The Balaban J connectivity index is 0.768. The van der Waals surface area contributed by atoms with Crippen LogP contribution in [0.25, 0.3) is 32.7 Å². The summed E-state index contributed by atoms with van der Waals surface area (Å²) in [6, 6.07) is 18.8. The van der Waals surface area contributed by atoms with Crippen molar-refractivity contribution in [3.05, 3.63) is 120 Å². The van der Waals surface area contributed by atoms with E-state index in [1.165, 1.54) is 7.11 Å². The van der Waals surface area contributed by atoms with Gasteiger partial charge in [-0.05, 0) is 138 Å². The molecule has 554 valence electrons. The summed E-state index contributed by atoms with van der Waals surface area (Å²) in [7, 11) is 3.62. The average molecular weight is 1420 g/mol. The molecule has 6 aromatic rings. The molecule has 3 aromatic heterocycles. The molecule has 7 aliphatic rings. The summed E-state index contributed by atoms with van der Waals surface area (Å²) >= 11 is 0. The van der Waals surface area contributed by atoms with E-state index >= 15 is 4.79 Å². The number of esters is 3. The lowest BCUT2D eigenvalue weighted by molar-refractivity contribution is -0.369. The van der Waals surface area contributed by atoms with E-state index in [4.69, 9.17) is 33.2 Å². The van der Waals surface area contributed by atoms with Crippen LogP contribution in [0.4, 0.5) is 0 Å². The van der Waals surface area contributed by atoms with Gasteiger partial charge in [0.05, 0.1) is 27.4 Å².